The van der Waals surface area contributed by atoms with Crippen LogP contribution in [0.25, 0.3) is 0 Å². The van der Waals surface area contributed by atoms with Crippen molar-refractivity contribution in [3.8, 4) is 6.07 Å². The van der Waals surface area contributed by atoms with Crippen LogP contribution in [0.5, 0.6) is 0 Å². The van der Waals surface area contributed by atoms with Crippen LogP contribution >= 0.6 is 0 Å². The fourth-order valence-corrected chi connectivity index (χ4v) is 4.46. The first-order chi connectivity index (χ1) is 9.97. The van der Waals surface area contributed by atoms with Gasteiger partial charge in [0.15, 0.2) is 0 Å². The largest absolute Gasteiger partial charge is 0.301 e. The summed E-state index contributed by atoms with van der Waals surface area (Å²) in [5.41, 5.74) is -0.263. The smallest absolute Gasteiger partial charge is 0.109 e. The summed E-state index contributed by atoms with van der Waals surface area (Å²) in [7, 11) is 0. The minimum atomic E-state index is -0.263. The van der Waals surface area contributed by atoms with Crippen molar-refractivity contribution in [2.45, 2.75) is 83.8 Å². The van der Waals surface area contributed by atoms with Gasteiger partial charge in [-0.1, -0.05) is 13.3 Å². The maximum absolute atomic E-state index is 9.73. The van der Waals surface area contributed by atoms with E-state index in [0.29, 0.717) is 18.0 Å². The number of hydrogen-bond acceptors (Lipinski definition) is 3. The highest BCUT2D eigenvalue weighted by molar-refractivity contribution is 5.14. The number of likely N-dealkylation sites (tertiary alicyclic amines) is 1. The van der Waals surface area contributed by atoms with Crippen molar-refractivity contribution >= 4 is 0 Å². The molecule has 2 rings (SSSR count). The number of hydrogen-bond donors (Lipinski definition) is 1. The Balaban J connectivity index is 1.91. The van der Waals surface area contributed by atoms with Gasteiger partial charge in [-0.05, 0) is 77.8 Å². The lowest BCUT2D eigenvalue weighted by Crippen LogP contribution is -2.51. The van der Waals surface area contributed by atoms with Gasteiger partial charge in [-0.25, -0.2) is 0 Å². The third kappa shape index (κ3) is 3.99. The lowest BCUT2D eigenvalue weighted by Gasteiger charge is -2.38. The van der Waals surface area contributed by atoms with E-state index in [2.05, 4.69) is 44.0 Å². The molecule has 120 valence electrons. The maximum Gasteiger partial charge on any atom is 0.109 e. The van der Waals surface area contributed by atoms with E-state index >= 15 is 0 Å². The molecule has 3 heteroatoms. The molecule has 0 amide bonds. The van der Waals surface area contributed by atoms with Crippen molar-refractivity contribution in [1.82, 2.24) is 10.2 Å². The van der Waals surface area contributed by atoms with E-state index in [0.717, 1.165) is 12.3 Å². The quantitative estimate of drug-likeness (QED) is 0.842. The second kappa shape index (κ2) is 7.11. The topological polar surface area (TPSA) is 39.1 Å². The number of nitrogens with one attached hydrogen (secondary N) is 1. The van der Waals surface area contributed by atoms with Gasteiger partial charge < -0.3 is 4.90 Å². The summed E-state index contributed by atoms with van der Waals surface area (Å²) in [6.45, 7) is 11.5. The van der Waals surface area contributed by atoms with Crippen LogP contribution in [0.2, 0.25) is 0 Å². The maximum atomic E-state index is 9.73. The normalized spacial score (nSPS) is 37.8. The molecule has 0 aromatic rings. The third-order valence-corrected chi connectivity index (χ3v) is 5.61. The second-order valence-electron chi connectivity index (χ2n) is 7.77. The summed E-state index contributed by atoms with van der Waals surface area (Å²) in [5.74, 6) is 1.40. The van der Waals surface area contributed by atoms with Crippen LogP contribution in [0.4, 0.5) is 0 Å². The van der Waals surface area contributed by atoms with E-state index in [4.69, 9.17) is 0 Å². The van der Waals surface area contributed by atoms with Crippen LogP contribution < -0.4 is 5.32 Å². The summed E-state index contributed by atoms with van der Waals surface area (Å²) >= 11 is 0. The Morgan fingerprint density at radius 2 is 2.10 bits per heavy atom. The first-order valence-electron chi connectivity index (χ1n) is 8.90. The van der Waals surface area contributed by atoms with Crippen LogP contribution in [-0.2, 0) is 0 Å². The summed E-state index contributed by atoms with van der Waals surface area (Å²) in [6.07, 6.45) is 7.28. The summed E-state index contributed by atoms with van der Waals surface area (Å²) in [6, 6.07) is 3.74. The van der Waals surface area contributed by atoms with Gasteiger partial charge >= 0.3 is 0 Å². The molecule has 0 bridgehead atoms. The van der Waals surface area contributed by atoms with Crippen LogP contribution in [0.3, 0.4) is 0 Å². The zero-order chi connectivity index (χ0) is 15.5. The lowest BCUT2D eigenvalue weighted by atomic mass is 9.84. The molecule has 2 fully saturated rings. The Bertz CT molecular complexity index is 373. The van der Waals surface area contributed by atoms with E-state index in [1.165, 1.54) is 45.2 Å². The van der Waals surface area contributed by atoms with E-state index < -0.39 is 0 Å². The average Bonchev–Trinajstić information content (AvgIpc) is 2.80. The monoisotopic (exact) mass is 291 g/mol. The molecular formula is C18H33N3. The van der Waals surface area contributed by atoms with Gasteiger partial charge in [0.25, 0.3) is 0 Å². The first-order valence-corrected chi connectivity index (χ1v) is 8.90. The van der Waals surface area contributed by atoms with Crippen LogP contribution in [0.1, 0.15) is 66.2 Å². The summed E-state index contributed by atoms with van der Waals surface area (Å²) in [5, 5.41) is 13.3. The highest BCUT2D eigenvalue weighted by Crippen LogP contribution is 2.38. The minimum Gasteiger partial charge on any atom is -0.301 e. The van der Waals surface area contributed by atoms with Gasteiger partial charge in [0.05, 0.1) is 6.07 Å². The Labute approximate surface area is 131 Å². The van der Waals surface area contributed by atoms with E-state index in [9.17, 15) is 5.26 Å². The van der Waals surface area contributed by atoms with E-state index in [-0.39, 0.29) is 5.54 Å². The predicted molar refractivity (Wildman–Crippen MR) is 88.0 cm³/mol. The molecular weight excluding hydrogens is 258 g/mol. The number of piperidine rings is 1. The molecule has 0 radical (unpaired) electrons. The van der Waals surface area contributed by atoms with Crippen molar-refractivity contribution in [1.29, 1.82) is 5.26 Å². The molecule has 2 aliphatic rings. The standard InChI is InChI=1S/C18H33N3/c1-14(2)20-18(13-19)9-5-6-17(18)8-11-21-10-7-15(3)12-16(21)4/h14-17,20H,5-12H2,1-4H3. The number of nitriles is 1. The van der Waals surface area contributed by atoms with Crippen LogP contribution in [0, 0.1) is 23.2 Å². The van der Waals surface area contributed by atoms with Crippen LogP contribution in [-0.4, -0.2) is 35.6 Å². The van der Waals surface area contributed by atoms with Gasteiger partial charge in [-0.2, -0.15) is 5.26 Å². The molecule has 0 aromatic carbocycles. The van der Waals surface area contributed by atoms with Gasteiger partial charge in [0.1, 0.15) is 5.54 Å². The molecule has 1 saturated heterocycles. The molecule has 3 nitrogen and oxygen atoms in total. The SMILES string of the molecule is CC1CCN(CCC2CCCC2(C#N)NC(C)C)C(C)C1. The fourth-order valence-electron chi connectivity index (χ4n) is 4.46. The van der Waals surface area contributed by atoms with E-state index in [1.807, 2.05) is 0 Å². The molecule has 0 aromatic heterocycles. The molecule has 0 spiro atoms. The molecule has 1 aliphatic carbocycles. The highest BCUT2D eigenvalue weighted by atomic mass is 15.2. The fraction of sp³-hybridized carbons (Fsp3) is 0.944. The minimum absolute atomic E-state index is 0.263. The number of nitrogens with zero attached hydrogens (tertiary/aromatic N) is 2. The van der Waals surface area contributed by atoms with Crippen molar-refractivity contribution < 1.29 is 0 Å². The highest BCUT2D eigenvalue weighted by Gasteiger charge is 2.43. The Kier molecular flexibility index (Phi) is 5.68. The lowest BCUT2D eigenvalue weighted by molar-refractivity contribution is 0.115. The third-order valence-electron chi connectivity index (χ3n) is 5.61. The van der Waals surface area contributed by atoms with Crippen LogP contribution in [0.15, 0.2) is 0 Å². The van der Waals surface area contributed by atoms with Crippen molar-refractivity contribution in [3.05, 3.63) is 0 Å². The predicted octanol–water partition coefficient (Wildman–Crippen LogP) is 3.56. The average molecular weight is 291 g/mol. The molecule has 1 aliphatic heterocycles. The van der Waals surface area contributed by atoms with Gasteiger partial charge in [0, 0.05) is 12.1 Å². The van der Waals surface area contributed by atoms with Crippen molar-refractivity contribution in [2.75, 3.05) is 13.1 Å². The van der Waals surface area contributed by atoms with Gasteiger partial charge in [0.2, 0.25) is 0 Å². The van der Waals surface area contributed by atoms with Crippen molar-refractivity contribution in [2.24, 2.45) is 11.8 Å². The summed E-state index contributed by atoms with van der Waals surface area (Å²) in [4.78, 5) is 2.65. The van der Waals surface area contributed by atoms with E-state index in [1.54, 1.807) is 0 Å². The Hall–Kier alpha value is -0.590. The van der Waals surface area contributed by atoms with Crippen molar-refractivity contribution in [3.63, 3.8) is 0 Å². The number of rotatable bonds is 5. The Morgan fingerprint density at radius 1 is 1.33 bits per heavy atom. The molecule has 21 heavy (non-hydrogen) atoms. The molecule has 1 heterocycles. The van der Waals surface area contributed by atoms with Gasteiger partial charge in [-0.3, -0.25) is 5.32 Å². The molecule has 1 N–H and O–H groups in total. The molecule has 1 saturated carbocycles. The zero-order valence-electron chi connectivity index (χ0n) is 14.4. The summed E-state index contributed by atoms with van der Waals surface area (Å²) < 4.78 is 0. The Morgan fingerprint density at radius 3 is 2.71 bits per heavy atom. The molecule has 4 atom stereocenters. The second-order valence-corrected chi connectivity index (χ2v) is 7.77. The molecule has 4 unspecified atom stereocenters. The zero-order valence-corrected chi connectivity index (χ0v) is 14.4. The first kappa shape index (κ1) is 16.8. The van der Waals surface area contributed by atoms with Gasteiger partial charge in [-0.15, -0.1) is 0 Å².